The minimum Gasteiger partial charge on any atom is -0.324 e. The molecule has 3 rings (SSSR count). The molecule has 1 aliphatic heterocycles. The normalized spacial score (nSPS) is 18.8. The molecule has 9 heteroatoms. The second kappa shape index (κ2) is 8.41. The zero-order chi connectivity index (χ0) is 22.8. The Hall–Kier alpha value is -3.36. The molecule has 0 spiro atoms. The van der Waals surface area contributed by atoms with Crippen molar-refractivity contribution in [1.82, 2.24) is 10.2 Å². The third-order valence-corrected chi connectivity index (χ3v) is 5.30. The molecule has 31 heavy (non-hydrogen) atoms. The van der Waals surface area contributed by atoms with Gasteiger partial charge in [-0.2, -0.15) is 13.2 Å². The zero-order valence-electron chi connectivity index (χ0n) is 17.0. The van der Waals surface area contributed by atoms with Gasteiger partial charge in [-0.3, -0.25) is 14.5 Å². The Kier molecular flexibility index (Phi) is 6.06. The molecular weight excluding hydrogens is 411 g/mol. The Bertz CT molecular complexity index is 986. The van der Waals surface area contributed by atoms with Gasteiger partial charge in [-0.1, -0.05) is 62.4 Å². The number of hydrogen-bond acceptors (Lipinski definition) is 3. The highest BCUT2D eigenvalue weighted by Crippen LogP contribution is 2.43. The summed E-state index contributed by atoms with van der Waals surface area (Å²) in [6, 6.07) is 10.6. The molecule has 2 N–H and O–H groups in total. The fourth-order valence-corrected chi connectivity index (χ4v) is 3.68. The zero-order valence-corrected chi connectivity index (χ0v) is 17.0. The van der Waals surface area contributed by atoms with Crippen LogP contribution in [0.3, 0.4) is 0 Å². The topological polar surface area (TPSA) is 78.5 Å². The van der Waals surface area contributed by atoms with E-state index in [1.807, 2.05) is 32.0 Å². The van der Waals surface area contributed by atoms with Crippen molar-refractivity contribution in [2.24, 2.45) is 0 Å². The number of aryl methyl sites for hydroxylation is 2. The van der Waals surface area contributed by atoms with Gasteiger partial charge in [-0.25, -0.2) is 4.79 Å². The largest absolute Gasteiger partial charge is 0.425 e. The van der Waals surface area contributed by atoms with Gasteiger partial charge in [-0.05, 0) is 29.5 Å². The van der Waals surface area contributed by atoms with E-state index in [1.54, 1.807) is 5.32 Å². The number of rotatable bonds is 6. The van der Waals surface area contributed by atoms with E-state index in [0.29, 0.717) is 23.4 Å². The molecule has 0 aliphatic carbocycles. The van der Waals surface area contributed by atoms with Gasteiger partial charge >= 0.3 is 12.2 Å². The van der Waals surface area contributed by atoms with Crippen LogP contribution in [0.2, 0.25) is 0 Å². The molecule has 0 saturated carbocycles. The highest BCUT2D eigenvalue weighted by molar-refractivity contribution is 6.11. The fraction of sp³-hybridized carbons (Fsp3) is 0.318. The molecule has 0 bridgehead atoms. The molecule has 6 nitrogen and oxygen atoms in total. The highest BCUT2D eigenvalue weighted by atomic mass is 19.4. The van der Waals surface area contributed by atoms with Crippen LogP contribution in [-0.2, 0) is 28.0 Å². The number of nitrogens with one attached hydrogen (secondary N) is 2. The number of amides is 4. The minimum atomic E-state index is -5.10. The smallest absolute Gasteiger partial charge is 0.324 e. The number of carbonyl (C=O) groups is 3. The second-order valence-corrected chi connectivity index (χ2v) is 7.14. The van der Waals surface area contributed by atoms with Crippen LogP contribution in [0.1, 0.15) is 30.5 Å². The first kappa shape index (κ1) is 22.3. The monoisotopic (exact) mass is 433 g/mol. The number of alkyl halides is 3. The SMILES string of the molecule is CCc1cccc(CC)c1NC(=O)CN1C(=O)N[C@](c2ccccc2)(C(F)(F)F)C1=O. The number of anilines is 1. The van der Waals surface area contributed by atoms with E-state index in [9.17, 15) is 27.6 Å². The Labute approximate surface area is 177 Å². The standard InChI is InChI=1S/C22H22F3N3O3/c1-3-14-9-8-10-15(4-2)18(14)26-17(29)13-28-19(30)21(22(23,24)25,27-20(28)31)16-11-6-5-7-12-16/h5-12H,3-4,13H2,1-2H3,(H,26,29)(H,27,31)/t21-/m0/s1. The number of imide groups is 1. The summed E-state index contributed by atoms with van der Waals surface area (Å²) in [4.78, 5) is 38.2. The van der Waals surface area contributed by atoms with Crippen LogP contribution in [0.5, 0.6) is 0 Å². The third-order valence-electron chi connectivity index (χ3n) is 5.30. The van der Waals surface area contributed by atoms with E-state index >= 15 is 0 Å². The summed E-state index contributed by atoms with van der Waals surface area (Å²) in [5.74, 6) is -2.30. The van der Waals surface area contributed by atoms with Gasteiger partial charge in [-0.15, -0.1) is 0 Å². The van der Waals surface area contributed by atoms with Crippen molar-refractivity contribution >= 4 is 23.5 Å². The predicted octanol–water partition coefficient (Wildman–Crippen LogP) is 3.76. The molecule has 1 aliphatic rings. The second-order valence-electron chi connectivity index (χ2n) is 7.14. The van der Waals surface area contributed by atoms with E-state index < -0.39 is 41.7 Å². The Balaban J connectivity index is 1.89. The fourth-order valence-electron chi connectivity index (χ4n) is 3.68. The molecule has 0 unspecified atom stereocenters. The van der Waals surface area contributed by atoms with Crippen molar-refractivity contribution in [1.29, 1.82) is 0 Å². The molecule has 1 heterocycles. The van der Waals surface area contributed by atoms with Crippen molar-refractivity contribution < 1.29 is 27.6 Å². The Morgan fingerprint density at radius 2 is 1.58 bits per heavy atom. The number of benzene rings is 2. The van der Waals surface area contributed by atoms with Gasteiger partial charge in [0.05, 0.1) is 0 Å². The van der Waals surface area contributed by atoms with E-state index in [0.717, 1.165) is 23.3 Å². The van der Waals surface area contributed by atoms with Gasteiger partial charge in [0.25, 0.3) is 5.91 Å². The first-order valence-electron chi connectivity index (χ1n) is 9.82. The van der Waals surface area contributed by atoms with Crippen LogP contribution in [0.25, 0.3) is 0 Å². The Morgan fingerprint density at radius 1 is 1.00 bits per heavy atom. The van der Waals surface area contributed by atoms with Crippen LogP contribution in [0.4, 0.5) is 23.7 Å². The number of carbonyl (C=O) groups excluding carboxylic acids is 3. The first-order valence-corrected chi connectivity index (χ1v) is 9.82. The van der Waals surface area contributed by atoms with Crippen LogP contribution >= 0.6 is 0 Å². The molecule has 0 radical (unpaired) electrons. The molecule has 1 fully saturated rings. The highest BCUT2D eigenvalue weighted by Gasteiger charge is 2.68. The van der Waals surface area contributed by atoms with Gasteiger partial charge in [0, 0.05) is 5.69 Å². The number of halogens is 3. The lowest BCUT2D eigenvalue weighted by molar-refractivity contribution is -0.198. The van der Waals surface area contributed by atoms with Crippen LogP contribution in [0.15, 0.2) is 48.5 Å². The summed E-state index contributed by atoms with van der Waals surface area (Å²) >= 11 is 0. The maximum absolute atomic E-state index is 14.0. The first-order chi connectivity index (χ1) is 14.7. The van der Waals surface area contributed by atoms with Crippen molar-refractivity contribution in [2.75, 3.05) is 11.9 Å². The number of hydrogen-bond donors (Lipinski definition) is 2. The lowest BCUT2D eigenvalue weighted by Gasteiger charge is -2.29. The van der Waals surface area contributed by atoms with E-state index in [1.165, 1.54) is 18.2 Å². The summed E-state index contributed by atoms with van der Waals surface area (Å²) in [7, 11) is 0. The molecule has 4 amide bonds. The van der Waals surface area contributed by atoms with Crippen LogP contribution < -0.4 is 10.6 Å². The van der Waals surface area contributed by atoms with Gasteiger partial charge in [0.1, 0.15) is 6.54 Å². The maximum atomic E-state index is 14.0. The van der Waals surface area contributed by atoms with Crippen molar-refractivity contribution in [3.05, 3.63) is 65.2 Å². The molecule has 0 aromatic heterocycles. The van der Waals surface area contributed by atoms with Gasteiger partial charge < -0.3 is 10.6 Å². The van der Waals surface area contributed by atoms with Gasteiger partial charge in [0.15, 0.2) is 0 Å². The molecule has 2 aromatic rings. The van der Waals surface area contributed by atoms with Crippen molar-refractivity contribution in [2.45, 2.75) is 38.4 Å². The summed E-state index contributed by atoms with van der Waals surface area (Å²) in [6.45, 7) is 2.97. The maximum Gasteiger partial charge on any atom is 0.425 e. The molecule has 1 atom stereocenters. The molecule has 2 aromatic carbocycles. The molecular formula is C22H22F3N3O3. The number of para-hydroxylation sites is 1. The predicted molar refractivity (Wildman–Crippen MR) is 108 cm³/mol. The van der Waals surface area contributed by atoms with E-state index in [4.69, 9.17) is 0 Å². The van der Waals surface area contributed by atoms with Crippen LogP contribution in [0, 0.1) is 0 Å². The Morgan fingerprint density at radius 3 is 2.10 bits per heavy atom. The minimum absolute atomic E-state index is 0.302. The lowest BCUT2D eigenvalue weighted by atomic mass is 9.89. The van der Waals surface area contributed by atoms with Crippen LogP contribution in [-0.4, -0.2) is 35.5 Å². The average molecular weight is 433 g/mol. The quantitative estimate of drug-likeness (QED) is 0.681. The average Bonchev–Trinajstić information content (AvgIpc) is 3.00. The molecule has 164 valence electrons. The summed E-state index contributed by atoms with van der Waals surface area (Å²) < 4.78 is 42.1. The van der Waals surface area contributed by atoms with Crippen molar-refractivity contribution in [3.63, 3.8) is 0 Å². The summed E-state index contributed by atoms with van der Waals surface area (Å²) in [5.41, 5.74) is -1.41. The van der Waals surface area contributed by atoms with E-state index in [2.05, 4.69) is 5.32 Å². The summed E-state index contributed by atoms with van der Waals surface area (Å²) in [6.07, 6.45) is -3.86. The number of urea groups is 1. The van der Waals surface area contributed by atoms with Crippen molar-refractivity contribution in [3.8, 4) is 0 Å². The lowest BCUT2D eigenvalue weighted by Crippen LogP contribution is -2.56. The molecule has 1 saturated heterocycles. The van der Waals surface area contributed by atoms with Gasteiger partial charge in [0.2, 0.25) is 11.4 Å². The summed E-state index contributed by atoms with van der Waals surface area (Å²) in [5, 5.41) is 4.43. The number of nitrogens with zero attached hydrogens (tertiary/aromatic N) is 1. The van der Waals surface area contributed by atoms with E-state index in [-0.39, 0.29) is 0 Å². The third kappa shape index (κ3) is 3.87.